The van der Waals surface area contributed by atoms with E-state index in [0.717, 1.165) is 42.2 Å². The van der Waals surface area contributed by atoms with Crippen LogP contribution >= 0.6 is 22.6 Å². The van der Waals surface area contributed by atoms with Crippen molar-refractivity contribution < 1.29 is 12.8 Å². The Morgan fingerprint density at radius 1 is 1.29 bits per heavy atom. The number of sulfonamides is 1. The molecule has 0 aromatic carbocycles. The van der Waals surface area contributed by atoms with Crippen LogP contribution in [0.15, 0.2) is 23.4 Å². The number of hydrogen-bond donors (Lipinski definition) is 1. The lowest BCUT2D eigenvalue weighted by Crippen LogP contribution is -2.25. The first-order valence-corrected chi connectivity index (χ1v) is 8.23. The van der Waals surface area contributed by atoms with Crippen molar-refractivity contribution in [3.8, 4) is 0 Å². The second-order valence-electron chi connectivity index (χ2n) is 3.49. The smallest absolute Gasteiger partial charge is 0.242 e. The fourth-order valence-corrected chi connectivity index (χ4v) is 2.81. The van der Waals surface area contributed by atoms with E-state index >= 15 is 0 Å². The molecule has 0 unspecified atom stereocenters. The summed E-state index contributed by atoms with van der Waals surface area (Å²) in [6.45, 7) is 0.371. The molecule has 0 atom stereocenters. The highest BCUT2D eigenvalue weighted by atomic mass is 127. The summed E-state index contributed by atoms with van der Waals surface area (Å²) in [5, 5.41) is 0. The van der Waals surface area contributed by atoms with Crippen LogP contribution in [0.4, 0.5) is 4.39 Å². The van der Waals surface area contributed by atoms with Crippen molar-refractivity contribution in [2.45, 2.75) is 24.2 Å². The van der Waals surface area contributed by atoms with E-state index in [9.17, 15) is 12.8 Å². The van der Waals surface area contributed by atoms with E-state index < -0.39 is 15.8 Å². The quantitative estimate of drug-likeness (QED) is 0.453. The molecule has 0 radical (unpaired) electrons. The van der Waals surface area contributed by atoms with Crippen molar-refractivity contribution in [2.75, 3.05) is 11.0 Å². The van der Waals surface area contributed by atoms with E-state index in [4.69, 9.17) is 0 Å². The van der Waals surface area contributed by atoms with Crippen LogP contribution < -0.4 is 4.72 Å². The number of aromatic nitrogens is 1. The molecule has 0 spiro atoms. The first-order chi connectivity index (χ1) is 8.06. The van der Waals surface area contributed by atoms with Gasteiger partial charge in [0.15, 0.2) is 0 Å². The van der Waals surface area contributed by atoms with Crippen molar-refractivity contribution in [3.05, 3.63) is 24.3 Å². The Labute approximate surface area is 114 Å². The van der Waals surface area contributed by atoms with Crippen molar-refractivity contribution in [1.29, 1.82) is 0 Å². The lowest BCUT2D eigenvalue weighted by Gasteiger charge is -2.05. The molecule has 0 saturated carbocycles. The second-order valence-corrected chi connectivity index (χ2v) is 6.33. The van der Waals surface area contributed by atoms with E-state index in [0.29, 0.717) is 6.54 Å². The highest BCUT2D eigenvalue weighted by Gasteiger charge is 2.14. The maximum Gasteiger partial charge on any atom is 0.242 e. The highest BCUT2D eigenvalue weighted by Crippen LogP contribution is 2.08. The number of unbranched alkanes of at least 4 members (excludes halogenated alkanes) is 2. The highest BCUT2D eigenvalue weighted by molar-refractivity contribution is 14.1. The van der Waals surface area contributed by atoms with Gasteiger partial charge in [-0.1, -0.05) is 29.0 Å². The van der Waals surface area contributed by atoms with Crippen molar-refractivity contribution >= 4 is 32.6 Å². The van der Waals surface area contributed by atoms with Crippen LogP contribution in [0.5, 0.6) is 0 Å². The molecular weight excluding hydrogens is 358 g/mol. The van der Waals surface area contributed by atoms with Gasteiger partial charge in [-0.25, -0.2) is 17.5 Å². The van der Waals surface area contributed by atoms with Crippen LogP contribution in [0.1, 0.15) is 19.3 Å². The Balaban J connectivity index is 2.51. The van der Waals surface area contributed by atoms with Crippen LogP contribution in [0.25, 0.3) is 0 Å². The predicted molar refractivity (Wildman–Crippen MR) is 72.1 cm³/mol. The van der Waals surface area contributed by atoms with Crippen LogP contribution in [0.2, 0.25) is 0 Å². The van der Waals surface area contributed by atoms with Gasteiger partial charge >= 0.3 is 0 Å². The van der Waals surface area contributed by atoms with Gasteiger partial charge in [0.05, 0.1) is 6.20 Å². The van der Waals surface area contributed by atoms with Gasteiger partial charge in [0.25, 0.3) is 0 Å². The van der Waals surface area contributed by atoms with E-state index in [1.807, 2.05) is 0 Å². The summed E-state index contributed by atoms with van der Waals surface area (Å²) in [6, 6.07) is 0.958. The van der Waals surface area contributed by atoms with Crippen LogP contribution in [-0.4, -0.2) is 24.4 Å². The van der Waals surface area contributed by atoms with Gasteiger partial charge in [0.2, 0.25) is 10.0 Å². The first-order valence-electron chi connectivity index (χ1n) is 5.22. The zero-order chi connectivity index (χ0) is 12.7. The zero-order valence-corrected chi connectivity index (χ0v) is 12.2. The number of nitrogens with zero attached hydrogens (tertiary/aromatic N) is 1. The van der Waals surface area contributed by atoms with Crippen molar-refractivity contribution in [2.24, 2.45) is 0 Å². The molecule has 0 aliphatic carbocycles. The maximum atomic E-state index is 12.8. The van der Waals surface area contributed by atoms with Crippen LogP contribution in [0.3, 0.4) is 0 Å². The summed E-state index contributed by atoms with van der Waals surface area (Å²) in [5.74, 6) is -0.655. The second kappa shape index (κ2) is 7.22. The number of pyridine rings is 1. The van der Waals surface area contributed by atoms with Crippen molar-refractivity contribution in [3.63, 3.8) is 0 Å². The molecule has 17 heavy (non-hydrogen) atoms. The van der Waals surface area contributed by atoms with E-state index in [1.54, 1.807) is 0 Å². The largest absolute Gasteiger partial charge is 0.260 e. The van der Waals surface area contributed by atoms with E-state index in [1.165, 1.54) is 0 Å². The van der Waals surface area contributed by atoms with Gasteiger partial charge in [-0.2, -0.15) is 0 Å². The van der Waals surface area contributed by atoms with Gasteiger partial charge in [-0.05, 0) is 23.3 Å². The maximum absolute atomic E-state index is 12.8. The Morgan fingerprint density at radius 2 is 2.06 bits per heavy atom. The molecule has 1 N–H and O–H groups in total. The third-order valence-corrected chi connectivity index (χ3v) is 4.28. The minimum absolute atomic E-state index is 0.133. The average molecular weight is 372 g/mol. The zero-order valence-electron chi connectivity index (χ0n) is 9.20. The first kappa shape index (κ1) is 14.8. The summed E-state index contributed by atoms with van der Waals surface area (Å²) >= 11 is 2.28. The van der Waals surface area contributed by atoms with Gasteiger partial charge in [-0.15, -0.1) is 0 Å². The molecule has 4 nitrogen and oxygen atoms in total. The van der Waals surface area contributed by atoms with Crippen molar-refractivity contribution in [1.82, 2.24) is 9.71 Å². The number of nitrogens with one attached hydrogen (secondary N) is 1. The number of alkyl halides is 1. The molecule has 0 aliphatic heterocycles. The third-order valence-electron chi connectivity index (χ3n) is 2.09. The Bertz CT molecular complexity index is 453. The number of rotatable bonds is 7. The number of hydrogen-bond acceptors (Lipinski definition) is 3. The number of halogens is 2. The lowest BCUT2D eigenvalue weighted by molar-refractivity contribution is 0.571. The van der Waals surface area contributed by atoms with Gasteiger partial charge in [-0.3, -0.25) is 4.98 Å². The predicted octanol–water partition coefficient (Wildman–Crippen LogP) is 2.10. The summed E-state index contributed by atoms with van der Waals surface area (Å²) in [4.78, 5) is 3.38. The molecule has 0 bridgehead atoms. The van der Waals surface area contributed by atoms with Crippen LogP contribution in [0, 0.1) is 5.82 Å². The minimum Gasteiger partial charge on any atom is -0.260 e. The van der Waals surface area contributed by atoms with Gasteiger partial charge in [0, 0.05) is 12.7 Å². The molecule has 96 valence electrons. The summed E-state index contributed by atoms with van der Waals surface area (Å²) in [7, 11) is -3.62. The molecule has 1 heterocycles. The molecule has 0 aliphatic rings. The SMILES string of the molecule is O=S(=O)(NCCCCCI)c1cncc(F)c1. The summed E-state index contributed by atoms with van der Waals surface area (Å²) in [5.41, 5.74) is 0. The average Bonchev–Trinajstić information content (AvgIpc) is 2.29. The molecule has 1 rings (SSSR count). The third kappa shape index (κ3) is 5.26. The van der Waals surface area contributed by atoms with Crippen LogP contribution in [-0.2, 0) is 10.0 Å². The van der Waals surface area contributed by atoms with Gasteiger partial charge in [0.1, 0.15) is 10.7 Å². The fourth-order valence-electron chi connectivity index (χ4n) is 1.23. The molecule has 1 aromatic rings. The summed E-state index contributed by atoms with van der Waals surface area (Å²) < 4.78 is 39.7. The Morgan fingerprint density at radius 3 is 2.71 bits per heavy atom. The minimum atomic E-state index is -3.62. The molecule has 0 fully saturated rings. The Kier molecular flexibility index (Phi) is 6.28. The Hall–Kier alpha value is -0.280. The van der Waals surface area contributed by atoms with E-state index in [2.05, 4.69) is 32.3 Å². The standard InChI is InChI=1S/C10H14FIN2O2S/c11-9-6-10(8-13-7-9)17(15,16)14-5-3-1-2-4-12/h6-8,14H,1-5H2. The van der Waals surface area contributed by atoms with Gasteiger partial charge < -0.3 is 0 Å². The monoisotopic (exact) mass is 372 g/mol. The fraction of sp³-hybridized carbons (Fsp3) is 0.500. The molecular formula is C10H14FIN2O2S. The summed E-state index contributed by atoms with van der Waals surface area (Å²) in [6.07, 6.45) is 4.94. The normalized spacial score (nSPS) is 11.6. The molecule has 0 amide bonds. The topological polar surface area (TPSA) is 59.1 Å². The van der Waals surface area contributed by atoms with E-state index in [-0.39, 0.29) is 4.90 Å². The molecule has 1 aromatic heterocycles. The molecule has 0 saturated heterocycles. The molecule has 7 heteroatoms. The lowest BCUT2D eigenvalue weighted by atomic mass is 10.3.